The van der Waals surface area contributed by atoms with Crippen LogP contribution in [0, 0.1) is 12.7 Å². The van der Waals surface area contributed by atoms with E-state index in [0.717, 1.165) is 12.1 Å². The van der Waals surface area contributed by atoms with Crippen LogP contribution < -0.4 is 10.0 Å². The van der Waals surface area contributed by atoms with E-state index in [-0.39, 0.29) is 17.0 Å². The third-order valence-corrected chi connectivity index (χ3v) is 4.10. The van der Waals surface area contributed by atoms with Crippen LogP contribution in [0.1, 0.15) is 22.3 Å². The van der Waals surface area contributed by atoms with E-state index in [1.54, 1.807) is 7.05 Å². The number of hydrogen-bond acceptors (Lipinski definition) is 4. The van der Waals surface area contributed by atoms with Gasteiger partial charge < -0.3 is 10.4 Å². The Kier molecular flexibility index (Phi) is 5.61. The minimum Gasteiger partial charge on any atom is -0.478 e. The number of carboxylic acids is 1. The van der Waals surface area contributed by atoms with E-state index in [4.69, 9.17) is 5.11 Å². The van der Waals surface area contributed by atoms with Crippen molar-refractivity contribution in [2.75, 3.05) is 20.1 Å². The molecule has 112 valence electrons. The summed E-state index contributed by atoms with van der Waals surface area (Å²) in [4.78, 5) is 10.6. The molecule has 0 aliphatic heterocycles. The number of benzene rings is 1. The first kappa shape index (κ1) is 16.5. The van der Waals surface area contributed by atoms with Crippen LogP contribution in [0.5, 0.6) is 0 Å². The second-order valence-corrected chi connectivity index (χ2v) is 6.03. The molecule has 0 aromatic heterocycles. The van der Waals surface area contributed by atoms with Crippen molar-refractivity contribution in [3.05, 3.63) is 29.1 Å². The quantitative estimate of drug-likeness (QED) is 0.645. The van der Waals surface area contributed by atoms with Gasteiger partial charge in [-0.05, 0) is 44.6 Å². The maximum absolute atomic E-state index is 13.6. The number of rotatable bonds is 7. The summed E-state index contributed by atoms with van der Waals surface area (Å²) < 4.78 is 39.9. The van der Waals surface area contributed by atoms with E-state index in [1.165, 1.54) is 6.92 Å². The van der Waals surface area contributed by atoms with E-state index in [2.05, 4.69) is 10.0 Å². The van der Waals surface area contributed by atoms with Gasteiger partial charge in [-0.2, -0.15) is 0 Å². The zero-order valence-electron chi connectivity index (χ0n) is 11.2. The van der Waals surface area contributed by atoms with Crippen molar-refractivity contribution in [1.29, 1.82) is 0 Å². The number of aryl methyl sites for hydroxylation is 1. The number of hydrogen-bond donors (Lipinski definition) is 3. The number of sulfonamides is 1. The van der Waals surface area contributed by atoms with E-state index >= 15 is 0 Å². The van der Waals surface area contributed by atoms with Gasteiger partial charge in [-0.3, -0.25) is 0 Å². The first-order valence-corrected chi connectivity index (χ1v) is 7.45. The summed E-state index contributed by atoms with van der Waals surface area (Å²) in [6, 6.07) is 1.94. The van der Waals surface area contributed by atoms with Gasteiger partial charge >= 0.3 is 5.97 Å². The average Bonchev–Trinajstić information content (AvgIpc) is 2.37. The molecular formula is C12H17FN2O4S. The monoisotopic (exact) mass is 304 g/mol. The molecule has 8 heteroatoms. The Hall–Kier alpha value is -1.51. The molecule has 0 fully saturated rings. The molecule has 1 aromatic rings. The molecule has 0 unspecified atom stereocenters. The summed E-state index contributed by atoms with van der Waals surface area (Å²) in [6.07, 6.45) is 0.585. The lowest BCUT2D eigenvalue weighted by Gasteiger charge is -2.09. The highest BCUT2D eigenvalue weighted by molar-refractivity contribution is 7.89. The van der Waals surface area contributed by atoms with Gasteiger partial charge in [-0.15, -0.1) is 0 Å². The van der Waals surface area contributed by atoms with E-state index < -0.39 is 27.4 Å². The molecule has 6 nitrogen and oxygen atoms in total. The fraction of sp³-hybridized carbons (Fsp3) is 0.417. The maximum Gasteiger partial charge on any atom is 0.338 e. The normalized spacial score (nSPS) is 11.6. The average molecular weight is 304 g/mol. The van der Waals surface area contributed by atoms with Gasteiger partial charge in [0, 0.05) is 6.54 Å². The van der Waals surface area contributed by atoms with Crippen molar-refractivity contribution >= 4 is 16.0 Å². The Morgan fingerprint density at radius 2 is 2.00 bits per heavy atom. The Labute approximate surface area is 117 Å². The van der Waals surface area contributed by atoms with Crippen molar-refractivity contribution in [2.24, 2.45) is 0 Å². The van der Waals surface area contributed by atoms with Gasteiger partial charge in [0.15, 0.2) is 0 Å². The molecule has 1 aromatic carbocycles. The standard InChI is InChI=1S/C12H17FN2O4S/c1-8-6-9(7-10(11(8)13)12(16)17)20(18,19)15-5-3-4-14-2/h6-7,14-15H,3-5H2,1-2H3,(H,16,17). The molecular weight excluding hydrogens is 287 g/mol. The molecule has 0 bridgehead atoms. The van der Waals surface area contributed by atoms with Gasteiger partial charge in [-0.1, -0.05) is 0 Å². The fourth-order valence-electron chi connectivity index (χ4n) is 1.60. The molecule has 0 atom stereocenters. The van der Waals surface area contributed by atoms with Crippen LogP contribution in [0.4, 0.5) is 4.39 Å². The van der Waals surface area contributed by atoms with Crippen LogP contribution in [0.25, 0.3) is 0 Å². The van der Waals surface area contributed by atoms with E-state index in [1.807, 2.05) is 0 Å². The lowest BCUT2D eigenvalue weighted by Crippen LogP contribution is -2.27. The minimum atomic E-state index is -3.84. The van der Waals surface area contributed by atoms with E-state index in [0.29, 0.717) is 13.0 Å². The predicted octanol–water partition coefficient (Wildman–Crippen LogP) is 0.720. The molecule has 0 amide bonds. The third-order valence-electron chi connectivity index (χ3n) is 2.66. The predicted molar refractivity (Wildman–Crippen MR) is 71.8 cm³/mol. The summed E-state index contributed by atoms with van der Waals surface area (Å²) in [5, 5.41) is 11.7. The molecule has 3 N–H and O–H groups in total. The summed E-state index contributed by atoms with van der Waals surface area (Å²) in [5.41, 5.74) is -0.680. The summed E-state index contributed by atoms with van der Waals surface area (Å²) in [6.45, 7) is 2.18. The first-order valence-electron chi connectivity index (χ1n) is 5.97. The van der Waals surface area contributed by atoms with Gasteiger partial charge in [0.05, 0.1) is 10.5 Å². The molecule has 20 heavy (non-hydrogen) atoms. The third kappa shape index (κ3) is 3.99. The fourth-order valence-corrected chi connectivity index (χ4v) is 2.79. The Balaban J connectivity index is 3.04. The number of carbonyl (C=O) groups is 1. The Bertz CT molecular complexity index is 602. The molecule has 1 rings (SSSR count). The van der Waals surface area contributed by atoms with Gasteiger partial charge in [0.1, 0.15) is 5.82 Å². The number of aromatic carboxylic acids is 1. The van der Waals surface area contributed by atoms with Gasteiger partial charge in [0.25, 0.3) is 0 Å². The highest BCUT2D eigenvalue weighted by Gasteiger charge is 2.20. The number of halogens is 1. The van der Waals surface area contributed by atoms with Crippen LogP contribution in [-0.2, 0) is 10.0 Å². The topological polar surface area (TPSA) is 95.5 Å². The van der Waals surface area contributed by atoms with Crippen molar-refractivity contribution < 1.29 is 22.7 Å². The smallest absolute Gasteiger partial charge is 0.338 e. The highest BCUT2D eigenvalue weighted by atomic mass is 32.2. The maximum atomic E-state index is 13.6. The Morgan fingerprint density at radius 3 is 2.55 bits per heavy atom. The summed E-state index contributed by atoms with van der Waals surface area (Å²) >= 11 is 0. The second kappa shape index (κ2) is 6.78. The van der Waals surface area contributed by atoms with Crippen LogP contribution in [0.15, 0.2) is 17.0 Å². The van der Waals surface area contributed by atoms with Gasteiger partial charge in [0.2, 0.25) is 10.0 Å². The highest BCUT2D eigenvalue weighted by Crippen LogP contribution is 2.19. The molecule has 0 radical (unpaired) electrons. The van der Waals surface area contributed by atoms with Crippen molar-refractivity contribution in [3.63, 3.8) is 0 Å². The SMILES string of the molecule is CNCCCNS(=O)(=O)c1cc(C)c(F)c(C(=O)O)c1. The lowest BCUT2D eigenvalue weighted by atomic mass is 10.1. The van der Waals surface area contributed by atoms with Crippen LogP contribution >= 0.6 is 0 Å². The van der Waals surface area contributed by atoms with Crippen molar-refractivity contribution in [2.45, 2.75) is 18.2 Å². The van der Waals surface area contributed by atoms with E-state index in [9.17, 15) is 17.6 Å². The molecule has 0 aliphatic carbocycles. The lowest BCUT2D eigenvalue weighted by molar-refractivity contribution is 0.0691. The van der Waals surface area contributed by atoms with Crippen molar-refractivity contribution in [3.8, 4) is 0 Å². The minimum absolute atomic E-state index is 0.0273. The molecule has 0 heterocycles. The zero-order chi connectivity index (χ0) is 15.3. The second-order valence-electron chi connectivity index (χ2n) is 4.26. The van der Waals surface area contributed by atoms with Crippen molar-refractivity contribution in [1.82, 2.24) is 10.0 Å². The molecule has 0 saturated heterocycles. The largest absolute Gasteiger partial charge is 0.478 e. The number of nitrogens with one attached hydrogen (secondary N) is 2. The van der Waals surface area contributed by atoms with Crippen LogP contribution in [0.3, 0.4) is 0 Å². The molecule has 0 aliphatic rings. The number of carboxylic acid groups (broad SMARTS) is 1. The van der Waals surface area contributed by atoms with Gasteiger partial charge in [-0.25, -0.2) is 22.3 Å². The zero-order valence-corrected chi connectivity index (χ0v) is 12.1. The molecule has 0 spiro atoms. The Morgan fingerprint density at radius 1 is 1.35 bits per heavy atom. The van der Waals surface area contributed by atoms with Crippen LogP contribution in [0.2, 0.25) is 0 Å². The molecule has 0 saturated carbocycles. The summed E-state index contributed by atoms with van der Waals surface area (Å²) in [7, 11) is -2.10. The summed E-state index contributed by atoms with van der Waals surface area (Å²) in [5.74, 6) is -2.43. The first-order chi connectivity index (χ1) is 9.29. The van der Waals surface area contributed by atoms with Crippen LogP contribution in [-0.4, -0.2) is 39.6 Å².